The molecule has 5 heteroatoms. The van der Waals surface area contributed by atoms with Crippen LogP contribution in [0.1, 0.15) is 18.4 Å². The van der Waals surface area contributed by atoms with E-state index in [0.29, 0.717) is 17.8 Å². The third-order valence-electron chi connectivity index (χ3n) is 2.93. The van der Waals surface area contributed by atoms with E-state index in [9.17, 15) is 4.79 Å². The van der Waals surface area contributed by atoms with Gasteiger partial charge in [-0.15, -0.1) is 0 Å². The smallest absolute Gasteiger partial charge is 0.224 e. The Hall–Kier alpha value is -2.09. The van der Waals surface area contributed by atoms with Crippen molar-refractivity contribution in [2.75, 3.05) is 18.9 Å². The van der Waals surface area contributed by atoms with Gasteiger partial charge in [0.1, 0.15) is 11.9 Å². The van der Waals surface area contributed by atoms with Crippen LogP contribution in [0.5, 0.6) is 0 Å². The van der Waals surface area contributed by atoms with Crippen LogP contribution in [-0.2, 0) is 4.79 Å². The number of amides is 1. The lowest BCUT2D eigenvalue weighted by Crippen LogP contribution is -2.41. The van der Waals surface area contributed by atoms with Gasteiger partial charge in [0.05, 0.1) is 5.56 Å². The van der Waals surface area contributed by atoms with Crippen molar-refractivity contribution in [2.24, 2.45) is 0 Å². The van der Waals surface area contributed by atoms with E-state index < -0.39 is 0 Å². The van der Waals surface area contributed by atoms with Crippen LogP contribution in [0.2, 0.25) is 0 Å². The van der Waals surface area contributed by atoms with Gasteiger partial charge in [0, 0.05) is 32.3 Å². The van der Waals surface area contributed by atoms with Crippen LogP contribution in [0.15, 0.2) is 18.3 Å². The highest BCUT2D eigenvalue weighted by atomic mass is 16.2. The molecule has 0 bridgehead atoms. The molecule has 5 nitrogen and oxygen atoms in total. The number of aromatic nitrogens is 1. The fourth-order valence-corrected chi connectivity index (χ4v) is 1.87. The standard InChI is InChI=1S/C12H14N4O/c1-16-6-4-10(7-11(16)17)15-12-9(8-13)3-2-5-14-12/h2-3,5,10H,4,6-7H2,1H3,(H,14,15). The summed E-state index contributed by atoms with van der Waals surface area (Å²) < 4.78 is 0. The zero-order valence-electron chi connectivity index (χ0n) is 9.68. The number of nitrogens with one attached hydrogen (secondary N) is 1. The van der Waals surface area contributed by atoms with Crippen molar-refractivity contribution >= 4 is 11.7 Å². The van der Waals surface area contributed by atoms with E-state index >= 15 is 0 Å². The number of hydrogen-bond donors (Lipinski definition) is 1. The normalized spacial score (nSPS) is 19.9. The predicted octanol–water partition coefficient (Wildman–Crippen LogP) is 0.986. The first-order valence-corrected chi connectivity index (χ1v) is 5.56. The minimum atomic E-state index is 0.0701. The number of carbonyl (C=O) groups excluding carboxylic acids is 1. The molecule has 1 aliphatic heterocycles. The first-order valence-electron chi connectivity index (χ1n) is 5.56. The number of rotatable bonds is 2. The molecule has 1 amide bonds. The van der Waals surface area contributed by atoms with Crippen LogP contribution >= 0.6 is 0 Å². The van der Waals surface area contributed by atoms with Crippen molar-refractivity contribution in [1.29, 1.82) is 5.26 Å². The van der Waals surface area contributed by atoms with Gasteiger partial charge in [0.2, 0.25) is 5.91 Å². The summed E-state index contributed by atoms with van der Waals surface area (Å²) >= 11 is 0. The van der Waals surface area contributed by atoms with Crippen LogP contribution in [0, 0.1) is 11.3 Å². The largest absolute Gasteiger partial charge is 0.366 e. The van der Waals surface area contributed by atoms with Crippen LogP contribution in [0.25, 0.3) is 0 Å². The molecule has 0 spiro atoms. The van der Waals surface area contributed by atoms with Gasteiger partial charge in [-0.25, -0.2) is 4.98 Å². The van der Waals surface area contributed by atoms with Crippen molar-refractivity contribution in [3.63, 3.8) is 0 Å². The molecule has 2 heterocycles. The molecule has 17 heavy (non-hydrogen) atoms. The van der Waals surface area contributed by atoms with Gasteiger partial charge in [0.15, 0.2) is 0 Å². The van der Waals surface area contributed by atoms with Gasteiger partial charge in [-0.05, 0) is 18.6 Å². The monoisotopic (exact) mass is 230 g/mol. The lowest BCUT2D eigenvalue weighted by atomic mass is 10.0. The summed E-state index contributed by atoms with van der Waals surface area (Å²) in [6, 6.07) is 5.60. The third kappa shape index (κ3) is 2.53. The molecule has 1 N–H and O–H groups in total. The Bertz CT molecular complexity index is 466. The molecule has 0 saturated carbocycles. The van der Waals surface area contributed by atoms with Crippen LogP contribution in [0.3, 0.4) is 0 Å². The van der Waals surface area contributed by atoms with Gasteiger partial charge in [-0.3, -0.25) is 4.79 Å². The molecule has 0 radical (unpaired) electrons. The van der Waals surface area contributed by atoms with E-state index in [4.69, 9.17) is 5.26 Å². The van der Waals surface area contributed by atoms with E-state index in [1.807, 2.05) is 0 Å². The average Bonchev–Trinajstić information content (AvgIpc) is 2.34. The van der Waals surface area contributed by atoms with E-state index in [0.717, 1.165) is 13.0 Å². The number of piperidine rings is 1. The predicted molar refractivity (Wildman–Crippen MR) is 63.2 cm³/mol. The molecule has 1 aliphatic rings. The average molecular weight is 230 g/mol. The van der Waals surface area contributed by atoms with Crippen molar-refractivity contribution in [3.8, 4) is 6.07 Å². The SMILES string of the molecule is CN1CCC(Nc2ncccc2C#N)CC1=O. The third-order valence-corrected chi connectivity index (χ3v) is 2.93. The molecule has 0 aliphatic carbocycles. The number of hydrogen-bond acceptors (Lipinski definition) is 4. The van der Waals surface area contributed by atoms with Gasteiger partial charge in [0.25, 0.3) is 0 Å². The lowest BCUT2D eigenvalue weighted by Gasteiger charge is -2.29. The molecular formula is C12H14N4O. The molecular weight excluding hydrogens is 216 g/mol. The van der Waals surface area contributed by atoms with Crippen molar-refractivity contribution in [1.82, 2.24) is 9.88 Å². The maximum atomic E-state index is 11.5. The Morgan fingerprint density at radius 3 is 3.18 bits per heavy atom. The van der Waals surface area contributed by atoms with Gasteiger partial charge in [-0.1, -0.05) is 0 Å². The maximum Gasteiger partial charge on any atom is 0.224 e. The molecule has 1 aromatic heterocycles. The molecule has 0 aromatic carbocycles. The van der Waals surface area contributed by atoms with Crippen LogP contribution in [0.4, 0.5) is 5.82 Å². The van der Waals surface area contributed by atoms with E-state index in [1.165, 1.54) is 0 Å². The zero-order chi connectivity index (χ0) is 12.3. The second-order valence-electron chi connectivity index (χ2n) is 4.16. The summed E-state index contributed by atoms with van der Waals surface area (Å²) in [5, 5.41) is 12.1. The van der Waals surface area contributed by atoms with Crippen LogP contribution < -0.4 is 5.32 Å². The van der Waals surface area contributed by atoms with Crippen molar-refractivity contribution < 1.29 is 4.79 Å². The number of nitriles is 1. The molecule has 1 saturated heterocycles. The van der Waals surface area contributed by atoms with Crippen molar-refractivity contribution in [2.45, 2.75) is 18.9 Å². The lowest BCUT2D eigenvalue weighted by molar-refractivity contribution is -0.132. The number of carbonyl (C=O) groups is 1. The minimum Gasteiger partial charge on any atom is -0.366 e. The Morgan fingerprint density at radius 2 is 2.47 bits per heavy atom. The second-order valence-corrected chi connectivity index (χ2v) is 4.16. The van der Waals surface area contributed by atoms with E-state index in [1.54, 1.807) is 30.3 Å². The zero-order valence-corrected chi connectivity index (χ0v) is 9.68. The Morgan fingerprint density at radius 1 is 1.65 bits per heavy atom. The fourth-order valence-electron chi connectivity index (χ4n) is 1.87. The summed E-state index contributed by atoms with van der Waals surface area (Å²) in [6.45, 7) is 0.741. The number of anilines is 1. The minimum absolute atomic E-state index is 0.0701. The quantitative estimate of drug-likeness (QED) is 0.822. The molecule has 88 valence electrons. The summed E-state index contributed by atoms with van der Waals surface area (Å²) in [6.07, 6.45) is 2.97. The van der Waals surface area contributed by atoms with Gasteiger partial charge >= 0.3 is 0 Å². The number of nitrogens with zero attached hydrogens (tertiary/aromatic N) is 3. The van der Waals surface area contributed by atoms with E-state index in [-0.39, 0.29) is 11.9 Å². The first-order chi connectivity index (χ1) is 8.20. The highest BCUT2D eigenvalue weighted by molar-refractivity contribution is 5.78. The summed E-state index contributed by atoms with van der Waals surface area (Å²) in [5.74, 6) is 0.695. The molecule has 1 fully saturated rings. The first kappa shape index (κ1) is 11.4. The number of likely N-dealkylation sites (tertiary alicyclic amines) is 1. The van der Waals surface area contributed by atoms with Gasteiger partial charge < -0.3 is 10.2 Å². The molecule has 1 atom stereocenters. The molecule has 1 aromatic rings. The highest BCUT2D eigenvalue weighted by Gasteiger charge is 2.23. The Balaban J connectivity index is 2.07. The summed E-state index contributed by atoms with van der Waals surface area (Å²) in [4.78, 5) is 17.4. The van der Waals surface area contributed by atoms with Crippen LogP contribution in [-0.4, -0.2) is 35.4 Å². The Labute approximate surface area is 100 Å². The maximum absolute atomic E-state index is 11.5. The number of pyridine rings is 1. The fraction of sp³-hybridized carbons (Fsp3) is 0.417. The molecule has 2 rings (SSSR count). The highest BCUT2D eigenvalue weighted by Crippen LogP contribution is 2.17. The van der Waals surface area contributed by atoms with Gasteiger partial charge in [-0.2, -0.15) is 5.26 Å². The summed E-state index contributed by atoms with van der Waals surface area (Å²) in [5.41, 5.74) is 0.513. The van der Waals surface area contributed by atoms with E-state index in [2.05, 4.69) is 16.4 Å². The Kier molecular flexibility index (Phi) is 3.24. The topological polar surface area (TPSA) is 69.0 Å². The van der Waals surface area contributed by atoms with Crippen molar-refractivity contribution in [3.05, 3.63) is 23.9 Å². The second kappa shape index (κ2) is 4.83. The summed E-state index contributed by atoms with van der Waals surface area (Å²) in [7, 11) is 1.81. The molecule has 1 unspecified atom stereocenters.